The van der Waals surface area contributed by atoms with Crippen LogP contribution in [0.25, 0.3) is 0 Å². The molecule has 0 aliphatic carbocycles. The Morgan fingerprint density at radius 1 is 0.667 bits per heavy atom. The molecule has 9 heavy (non-hydrogen) atoms. The summed E-state index contributed by atoms with van der Waals surface area (Å²) in [6, 6.07) is 0. The summed E-state index contributed by atoms with van der Waals surface area (Å²) in [4.78, 5) is 30.9. The van der Waals surface area contributed by atoms with E-state index in [9.17, 15) is 14.4 Å². The molecule has 0 spiro atoms. The van der Waals surface area contributed by atoms with E-state index in [1.165, 1.54) is 0 Å². The molecule has 0 atom stereocenters. The minimum atomic E-state index is -0.239. The molecule has 1 aromatic rings. The zero-order valence-electron chi connectivity index (χ0n) is 4.22. The van der Waals surface area contributed by atoms with Crippen molar-refractivity contribution in [3.8, 4) is 0 Å². The SMILES string of the molecule is O=c1[pH]c(=O)[pH]c(=O)[pH]1. The van der Waals surface area contributed by atoms with Crippen LogP contribution in [0.3, 0.4) is 0 Å². The van der Waals surface area contributed by atoms with Gasteiger partial charge in [0.1, 0.15) is 0 Å². The zero-order chi connectivity index (χ0) is 6.85. The Labute approximate surface area is 54.4 Å². The molecular weight excluding hydrogens is 177 g/mol. The fourth-order valence-corrected chi connectivity index (χ4v) is 4.94. The Hall–Kier alpha value is -0.0900. The lowest BCUT2D eigenvalue weighted by molar-refractivity contribution is 2.10. The summed E-state index contributed by atoms with van der Waals surface area (Å²) in [6.07, 6.45) is 0. The van der Waals surface area contributed by atoms with Gasteiger partial charge in [-0.2, -0.15) is 0 Å². The van der Waals surface area contributed by atoms with E-state index in [1.807, 2.05) is 0 Å². The van der Waals surface area contributed by atoms with E-state index in [1.54, 1.807) is 0 Å². The molecule has 0 saturated heterocycles. The zero-order valence-corrected chi connectivity index (χ0v) is 7.22. The summed E-state index contributed by atoms with van der Waals surface area (Å²) in [7, 11) is -0.716. The van der Waals surface area contributed by atoms with Gasteiger partial charge in [0.05, 0.1) is 0 Å². The first kappa shape index (κ1) is 7.02. The van der Waals surface area contributed by atoms with Crippen LogP contribution in [0.1, 0.15) is 0 Å². The summed E-state index contributed by atoms with van der Waals surface area (Å²) in [5.74, 6) is 0. The number of rotatable bonds is 0. The standard InChI is InChI=1S/C3H3O3P3/c4-1-7-2(5)9-3(6)8-1/h7-9H. The molecule has 0 radical (unpaired) electrons. The van der Waals surface area contributed by atoms with Gasteiger partial charge in [0.2, 0.25) is 14.7 Å². The average Bonchev–Trinajstić information content (AvgIpc) is 1.59. The predicted molar refractivity (Wildman–Crippen MR) is 43.8 cm³/mol. The van der Waals surface area contributed by atoms with E-state index >= 15 is 0 Å². The molecule has 1 rings (SSSR count). The topological polar surface area (TPSA) is 51.2 Å². The lowest BCUT2D eigenvalue weighted by atomic mass is 11.8. The summed E-state index contributed by atoms with van der Waals surface area (Å²) < 4.78 is 0. The molecule has 0 aliphatic heterocycles. The largest absolute Gasteiger partial charge is 0.281 e. The molecule has 0 fully saturated rings. The van der Waals surface area contributed by atoms with Gasteiger partial charge in [-0.05, 0) is 24.6 Å². The second-order valence-corrected chi connectivity index (χ2v) is 6.34. The van der Waals surface area contributed by atoms with Gasteiger partial charge in [0.25, 0.3) is 0 Å². The Morgan fingerprint density at radius 2 is 0.889 bits per heavy atom. The Kier molecular flexibility index (Phi) is 2.08. The van der Waals surface area contributed by atoms with Crippen LogP contribution in [0, 0.1) is 0 Å². The van der Waals surface area contributed by atoms with Crippen molar-refractivity contribution < 1.29 is 0 Å². The van der Waals surface area contributed by atoms with E-state index in [0.717, 1.165) is 0 Å². The van der Waals surface area contributed by atoms with Crippen LogP contribution in [0.2, 0.25) is 0 Å². The molecule has 0 bridgehead atoms. The van der Waals surface area contributed by atoms with Crippen molar-refractivity contribution in [3.63, 3.8) is 0 Å². The molecule has 6 heteroatoms. The average molecular weight is 180 g/mol. The first-order valence-corrected chi connectivity index (χ1v) is 5.11. The maximum atomic E-state index is 10.5. The second-order valence-electron chi connectivity index (χ2n) is 1.36. The van der Waals surface area contributed by atoms with Crippen LogP contribution in [0.5, 0.6) is 0 Å². The lowest BCUT2D eigenvalue weighted by Crippen LogP contribution is -1.99. The van der Waals surface area contributed by atoms with Gasteiger partial charge in [0.15, 0.2) is 0 Å². The highest BCUT2D eigenvalue weighted by molar-refractivity contribution is 7.54. The van der Waals surface area contributed by atoms with Gasteiger partial charge in [-0.25, -0.2) is 0 Å². The van der Waals surface area contributed by atoms with Crippen LogP contribution in [0.15, 0.2) is 14.4 Å². The van der Waals surface area contributed by atoms with E-state index < -0.39 is 0 Å². The lowest BCUT2D eigenvalue weighted by Gasteiger charge is -1.71. The molecule has 0 aliphatic rings. The van der Waals surface area contributed by atoms with Crippen molar-refractivity contribution in [1.82, 2.24) is 0 Å². The molecule has 48 valence electrons. The molecule has 0 aromatic carbocycles. The molecule has 0 amide bonds. The molecule has 0 unspecified atom stereocenters. The van der Waals surface area contributed by atoms with E-state index in [-0.39, 0.29) is 39.3 Å². The molecule has 0 saturated carbocycles. The third-order valence-electron chi connectivity index (χ3n) is 0.681. The highest BCUT2D eigenvalue weighted by atomic mass is 31.1. The van der Waals surface area contributed by atoms with Crippen LogP contribution in [0.4, 0.5) is 0 Å². The summed E-state index contributed by atoms with van der Waals surface area (Å²) in [6.45, 7) is 0. The maximum absolute atomic E-state index is 10.5. The van der Waals surface area contributed by atoms with Gasteiger partial charge in [-0.15, -0.1) is 0 Å². The minimum Gasteiger partial charge on any atom is -0.281 e. The van der Waals surface area contributed by atoms with Crippen molar-refractivity contribution in [2.24, 2.45) is 0 Å². The first-order chi connectivity index (χ1) is 4.18. The Morgan fingerprint density at radius 3 is 1.11 bits per heavy atom. The maximum Gasteiger partial charge on any atom is 0.215 e. The summed E-state index contributed by atoms with van der Waals surface area (Å²) in [5.41, 5.74) is 0. The normalized spacial score (nSPS) is 12.0. The minimum absolute atomic E-state index is 0.177. The van der Waals surface area contributed by atoms with E-state index in [2.05, 4.69) is 0 Å². The quantitative estimate of drug-likeness (QED) is 0.558. The van der Waals surface area contributed by atoms with Crippen LogP contribution < -0.4 is 14.7 Å². The molecule has 1 aromatic heterocycles. The molecular formula is C3H3O3P3. The first-order valence-electron chi connectivity index (χ1n) is 2.11. The smallest absolute Gasteiger partial charge is 0.215 e. The predicted octanol–water partition coefficient (Wildman–Crippen LogP) is -0.139. The highest BCUT2D eigenvalue weighted by Gasteiger charge is 1.86. The fourth-order valence-electron chi connectivity index (χ4n) is 0.403. The molecule has 0 N–H and O–H groups in total. The van der Waals surface area contributed by atoms with Crippen LogP contribution in [-0.4, -0.2) is 0 Å². The Balaban J connectivity index is 3.72. The second kappa shape index (κ2) is 2.66. The third-order valence-corrected chi connectivity index (χ3v) is 4.29. The molecule has 1 heterocycles. The van der Waals surface area contributed by atoms with Crippen molar-refractivity contribution in [2.45, 2.75) is 0 Å². The Bertz CT molecular complexity index is 277. The number of hydrogen-bond donors (Lipinski definition) is 0. The van der Waals surface area contributed by atoms with Gasteiger partial charge in [-0.1, -0.05) is 0 Å². The van der Waals surface area contributed by atoms with E-state index in [4.69, 9.17) is 0 Å². The number of hydrogen-bond acceptors (Lipinski definition) is 3. The van der Waals surface area contributed by atoms with Gasteiger partial charge >= 0.3 is 0 Å². The van der Waals surface area contributed by atoms with Gasteiger partial charge in [-0.3, -0.25) is 14.4 Å². The van der Waals surface area contributed by atoms with Gasteiger partial charge < -0.3 is 0 Å². The monoisotopic (exact) mass is 180 g/mol. The summed E-state index contributed by atoms with van der Waals surface area (Å²) >= 11 is 0. The third kappa shape index (κ3) is 1.95. The van der Waals surface area contributed by atoms with Gasteiger partial charge in [0, 0.05) is 0 Å². The van der Waals surface area contributed by atoms with Crippen molar-refractivity contribution in [3.05, 3.63) is 29.1 Å². The van der Waals surface area contributed by atoms with E-state index in [0.29, 0.717) is 0 Å². The summed E-state index contributed by atoms with van der Waals surface area (Å²) in [5, 5.41) is 0. The molecule has 3 nitrogen and oxygen atoms in total. The van der Waals surface area contributed by atoms with Crippen molar-refractivity contribution in [1.29, 1.82) is 0 Å². The van der Waals surface area contributed by atoms with Crippen LogP contribution >= 0.6 is 24.6 Å². The van der Waals surface area contributed by atoms with Crippen molar-refractivity contribution >= 4 is 24.6 Å². The highest BCUT2D eigenvalue weighted by Crippen LogP contribution is 1.94. The fraction of sp³-hybridized carbons (Fsp3) is 0. The van der Waals surface area contributed by atoms with Crippen LogP contribution in [-0.2, 0) is 0 Å². The van der Waals surface area contributed by atoms with Crippen molar-refractivity contribution in [2.75, 3.05) is 0 Å².